The molecule has 0 aliphatic rings. The molecule has 0 bridgehead atoms. The first-order valence-electron chi connectivity index (χ1n) is 8.73. The van der Waals surface area contributed by atoms with Crippen molar-refractivity contribution in [2.45, 2.75) is 57.8 Å². The monoisotopic (exact) mass is 403 g/mol. The summed E-state index contributed by atoms with van der Waals surface area (Å²) in [5.74, 6) is -5.11. The van der Waals surface area contributed by atoms with Crippen molar-refractivity contribution in [2.75, 3.05) is 6.61 Å². The van der Waals surface area contributed by atoms with Crippen molar-refractivity contribution in [3.8, 4) is 0 Å². The Kier molecular flexibility index (Phi) is 10.7. The van der Waals surface area contributed by atoms with E-state index in [1.807, 2.05) is 5.32 Å². The average Bonchev–Trinajstić information content (AvgIpc) is 2.61. The lowest BCUT2D eigenvalue weighted by Crippen LogP contribution is -2.59. The SMILES string of the molecule is CCC(C)C(NC(=O)C(C)N)C(=O)NC(CC(N)=O)C(=O)NC(CO)C(=O)O. The third-order valence-electron chi connectivity index (χ3n) is 4.04. The first kappa shape index (κ1) is 25.3. The number of hydrogen-bond acceptors (Lipinski definition) is 7. The quantitative estimate of drug-likeness (QED) is 0.175. The third-order valence-corrected chi connectivity index (χ3v) is 4.04. The molecule has 12 nitrogen and oxygen atoms in total. The van der Waals surface area contributed by atoms with E-state index in [0.29, 0.717) is 6.42 Å². The minimum Gasteiger partial charge on any atom is -0.480 e. The minimum atomic E-state index is -1.62. The van der Waals surface area contributed by atoms with Gasteiger partial charge < -0.3 is 37.6 Å². The fourth-order valence-corrected chi connectivity index (χ4v) is 2.12. The van der Waals surface area contributed by atoms with Crippen molar-refractivity contribution < 1.29 is 34.2 Å². The van der Waals surface area contributed by atoms with E-state index >= 15 is 0 Å². The van der Waals surface area contributed by atoms with E-state index in [4.69, 9.17) is 21.7 Å². The largest absolute Gasteiger partial charge is 0.480 e. The lowest BCUT2D eigenvalue weighted by atomic mass is 9.97. The van der Waals surface area contributed by atoms with Crippen molar-refractivity contribution in [3.63, 3.8) is 0 Å². The van der Waals surface area contributed by atoms with Crippen LogP contribution in [0.1, 0.15) is 33.6 Å². The third kappa shape index (κ3) is 8.31. The fourth-order valence-electron chi connectivity index (χ4n) is 2.12. The number of amides is 4. The number of nitrogens with one attached hydrogen (secondary N) is 3. The summed E-state index contributed by atoms with van der Waals surface area (Å²) in [7, 11) is 0. The standard InChI is InChI=1S/C16H29N5O7/c1-4-7(2)12(21-13(24)8(3)17)15(26)19-9(5-11(18)23)14(25)20-10(6-22)16(27)28/h7-10,12,22H,4-6,17H2,1-3H3,(H2,18,23)(H,19,26)(H,20,25)(H,21,24)(H,27,28). The summed E-state index contributed by atoms with van der Waals surface area (Å²) in [5.41, 5.74) is 10.6. The second-order valence-electron chi connectivity index (χ2n) is 6.47. The molecule has 0 saturated carbocycles. The Morgan fingerprint density at radius 2 is 1.46 bits per heavy atom. The van der Waals surface area contributed by atoms with Gasteiger partial charge in [-0.25, -0.2) is 4.79 Å². The summed E-state index contributed by atoms with van der Waals surface area (Å²) in [4.78, 5) is 59.0. The van der Waals surface area contributed by atoms with Gasteiger partial charge in [0, 0.05) is 0 Å². The van der Waals surface area contributed by atoms with Gasteiger partial charge in [0.25, 0.3) is 0 Å². The molecule has 0 aromatic heterocycles. The number of aliphatic hydroxyl groups is 1. The number of carboxylic acids is 1. The molecule has 0 radical (unpaired) electrons. The predicted molar refractivity (Wildman–Crippen MR) is 97.4 cm³/mol. The molecule has 160 valence electrons. The molecule has 0 aromatic carbocycles. The summed E-state index contributed by atoms with van der Waals surface area (Å²) in [5, 5.41) is 24.7. The molecule has 5 atom stereocenters. The molecule has 0 heterocycles. The van der Waals surface area contributed by atoms with Crippen LogP contribution in [0.4, 0.5) is 0 Å². The number of nitrogens with two attached hydrogens (primary N) is 2. The molecular formula is C16H29N5O7. The summed E-state index contributed by atoms with van der Waals surface area (Å²) in [6, 6.07) is -5.02. The van der Waals surface area contributed by atoms with Gasteiger partial charge in [0.1, 0.15) is 18.1 Å². The summed E-state index contributed by atoms with van der Waals surface area (Å²) >= 11 is 0. The zero-order valence-electron chi connectivity index (χ0n) is 16.1. The van der Waals surface area contributed by atoms with E-state index in [0.717, 1.165) is 0 Å². The van der Waals surface area contributed by atoms with E-state index in [9.17, 15) is 24.0 Å². The molecule has 5 unspecified atom stereocenters. The molecule has 4 amide bonds. The number of rotatable bonds is 12. The number of carboxylic acid groups (broad SMARTS) is 1. The lowest BCUT2D eigenvalue weighted by Gasteiger charge is -2.27. The highest BCUT2D eigenvalue weighted by Crippen LogP contribution is 2.09. The fraction of sp³-hybridized carbons (Fsp3) is 0.688. The summed E-state index contributed by atoms with van der Waals surface area (Å²) in [6.45, 7) is 4.03. The first-order valence-corrected chi connectivity index (χ1v) is 8.73. The van der Waals surface area contributed by atoms with Crippen molar-refractivity contribution >= 4 is 29.6 Å². The van der Waals surface area contributed by atoms with Gasteiger partial charge in [-0.1, -0.05) is 20.3 Å². The van der Waals surface area contributed by atoms with Gasteiger partial charge in [-0.15, -0.1) is 0 Å². The van der Waals surface area contributed by atoms with E-state index < -0.39 is 66.8 Å². The zero-order valence-corrected chi connectivity index (χ0v) is 16.1. The van der Waals surface area contributed by atoms with Crippen LogP contribution < -0.4 is 27.4 Å². The van der Waals surface area contributed by atoms with Crippen LogP contribution >= 0.6 is 0 Å². The number of aliphatic carboxylic acids is 1. The van der Waals surface area contributed by atoms with Gasteiger partial charge >= 0.3 is 5.97 Å². The Bertz CT molecular complexity index is 596. The lowest BCUT2D eigenvalue weighted by molar-refractivity contribution is -0.143. The topological polar surface area (TPSA) is 214 Å². The molecule has 0 aliphatic heterocycles. The normalized spacial score (nSPS) is 16.0. The van der Waals surface area contributed by atoms with Gasteiger partial charge in [0.2, 0.25) is 23.6 Å². The average molecular weight is 403 g/mol. The maximum atomic E-state index is 12.6. The van der Waals surface area contributed by atoms with Crippen LogP contribution in [0.3, 0.4) is 0 Å². The molecule has 0 aliphatic carbocycles. The van der Waals surface area contributed by atoms with Crippen LogP contribution in [0, 0.1) is 5.92 Å². The highest BCUT2D eigenvalue weighted by molar-refractivity contribution is 5.96. The molecule has 9 N–H and O–H groups in total. The first-order chi connectivity index (χ1) is 12.9. The molecule has 0 saturated heterocycles. The van der Waals surface area contributed by atoms with Crippen LogP contribution in [0.15, 0.2) is 0 Å². The summed E-state index contributed by atoms with van der Waals surface area (Å²) in [6.07, 6.45) is -0.0978. The molecule has 28 heavy (non-hydrogen) atoms. The van der Waals surface area contributed by atoms with Crippen molar-refractivity contribution in [3.05, 3.63) is 0 Å². The molecule has 0 aromatic rings. The van der Waals surface area contributed by atoms with Gasteiger partial charge in [0.05, 0.1) is 19.1 Å². The molecule has 0 spiro atoms. The van der Waals surface area contributed by atoms with Crippen LogP contribution in [0.2, 0.25) is 0 Å². The van der Waals surface area contributed by atoms with Crippen molar-refractivity contribution in [1.29, 1.82) is 0 Å². The molecule has 12 heteroatoms. The van der Waals surface area contributed by atoms with Crippen LogP contribution in [-0.4, -0.2) is 70.6 Å². The molecule has 0 rings (SSSR count). The van der Waals surface area contributed by atoms with E-state index in [1.165, 1.54) is 6.92 Å². The van der Waals surface area contributed by atoms with Gasteiger partial charge in [-0.05, 0) is 12.8 Å². The maximum Gasteiger partial charge on any atom is 0.328 e. The van der Waals surface area contributed by atoms with Gasteiger partial charge in [-0.3, -0.25) is 19.2 Å². The van der Waals surface area contributed by atoms with E-state index in [1.54, 1.807) is 13.8 Å². The number of carbonyl (C=O) groups is 5. The minimum absolute atomic E-state index is 0.329. The Hall–Kier alpha value is -2.73. The van der Waals surface area contributed by atoms with Crippen LogP contribution in [-0.2, 0) is 24.0 Å². The highest BCUT2D eigenvalue weighted by atomic mass is 16.4. The van der Waals surface area contributed by atoms with Gasteiger partial charge in [-0.2, -0.15) is 0 Å². The van der Waals surface area contributed by atoms with Crippen molar-refractivity contribution in [2.24, 2.45) is 17.4 Å². The Balaban J connectivity index is 5.42. The van der Waals surface area contributed by atoms with Crippen LogP contribution in [0.25, 0.3) is 0 Å². The highest BCUT2D eigenvalue weighted by Gasteiger charge is 2.32. The van der Waals surface area contributed by atoms with Crippen molar-refractivity contribution in [1.82, 2.24) is 16.0 Å². The molecule has 0 fully saturated rings. The van der Waals surface area contributed by atoms with E-state index in [-0.39, 0.29) is 5.92 Å². The number of carbonyl (C=O) groups excluding carboxylic acids is 4. The van der Waals surface area contributed by atoms with E-state index in [2.05, 4.69) is 10.6 Å². The molecular weight excluding hydrogens is 374 g/mol. The van der Waals surface area contributed by atoms with Gasteiger partial charge in [0.15, 0.2) is 0 Å². The smallest absolute Gasteiger partial charge is 0.328 e. The second kappa shape index (κ2) is 11.9. The van der Waals surface area contributed by atoms with Crippen LogP contribution in [0.5, 0.6) is 0 Å². The predicted octanol–water partition coefficient (Wildman–Crippen LogP) is -3.21. The Morgan fingerprint density at radius 3 is 1.86 bits per heavy atom. The Morgan fingerprint density at radius 1 is 0.929 bits per heavy atom. The summed E-state index contributed by atoms with van der Waals surface area (Å²) < 4.78 is 0. The number of aliphatic hydroxyl groups excluding tert-OH is 1. The Labute approximate surface area is 162 Å². The maximum absolute atomic E-state index is 12.6. The number of hydrogen-bond donors (Lipinski definition) is 7. The zero-order chi connectivity index (χ0) is 22.0. The number of primary amides is 1. The second-order valence-corrected chi connectivity index (χ2v) is 6.47.